The van der Waals surface area contributed by atoms with Crippen molar-refractivity contribution in [1.82, 2.24) is 0 Å². The summed E-state index contributed by atoms with van der Waals surface area (Å²) in [4.78, 5) is 0. The Kier molecular flexibility index (Phi) is 9.90. The number of halogens is 5. The number of hydrogen-bond donors (Lipinski definition) is 0. The molecule has 6 heteroatoms. The van der Waals surface area contributed by atoms with Crippen LogP contribution in [0.5, 0.6) is 5.75 Å². The second kappa shape index (κ2) is 13.6. The van der Waals surface area contributed by atoms with Crippen LogP contribution in [-0.2, 0) is 0 Å². The molecule has 0 spiro atoms. The number of hydrogen-bond acceptors (Lipinski definition) is 1. The molecule has 0 unspecified atom stereocenters. The molecular weight excluding hydrogens is 543 g/mol. The predicted molar refractivity (Wildman–Crippen MR) is 157 cm³/mol. The number of rotatable bonds is 10. The fourth-order valence-electron chi connectivity index (χ4n) is 6.97. The number of benzene rings is 3. The van der Waals surface area contributed by atoms with Crippen molar-refractivity contribution < 1.29 is 26.7 Å². The summed E-state index contributed by atoms with van der Waals surface area (Å²) in [6, 6.07) is 16.2. The van der Waals surface area contributed by atoms with Crippen LogP contribution in [0.2, 0.25) is 0 Å². The maximum absolute atomic E-state index is 15.3. The third kappa shape index (κ3) is 7.36. The number of unbranched alkanes of at least 4 members (excludes halogenated alkanes) is 2. The zero-order chi connectivity index (χ0) is 29.7. The highest BCUT2D eigenvalue weighted by Gasteiger charge is 2.44. The maximum atomic E-state index is 15.3. The van der Waals surface area contributed by atoms with Crippen molar-refractivity contribution >= 4 is 0 Å². The first kappa shape index (κ1) is 30.6. The highest BCUT2D eigenvalue weighted by atomic mass is 19.3. The van der Waals surface area contributed by atoms with Gasteiger partial charge in [0.05, 0.1) is 5.92 Å². The summed E-state index contributed by atoms with van der Waals surface area (Å²) in [6.45, 7) is 2.25. The monoisotopic (exact) mass is 584 g/mol. The number of ether oxygens (including phenoxy) is 1. The van der Waals surface area contributed by atoms with Gasteiger partial charge >= 0.3 is 6.11 Å². The molecule has 2 saturated carbocycles. The fourth-order valence-corrected chi connectivity index (χ4v) is 6.97. The van der Waals surface area contributed by atoms with Crippen molar-refractivity contribution in [3.63, 3.8) is 0 Å². The Morgan fingerprint density at radius 1 is 0.667 bits per heavy atom. The SMILES string of the molecule is CCCCCC1CCC(c2ccc(-c3ccc(C4CCC(C(F)(F)Oc5ccc(F)c(F)c5)CC4)c(F)c3)cc2)CC1. The minimum absolute atomic E-state index is 0.144. The van der Waals surface area contributed by atoms with E-state index in [9.17, 15) is 17.6 Å². The van der Waals surface area contributed by atoms with Gasteiger partial charge in [-0.15, -0.1) is 0 Å². The van der Waals surface area contributed by atoms with E-state index in [0.717, 1.165) is 29.2 Å². The molecule has 1 nitrogen and oxygen atoms in total. The molecule has 226 valence electrons. The Balaban J connectivity index is 1.15. The first-order valence-corrected chi connectivity index (χ1v) is 15.6. The topological polar surface area (TPSA) is 9.23 Å². The van der Waals surface area contributed by atoms with Crippen molar-refractivity contribution in [2.45, 2.75) is 102 Å². The van der Waals surface area contributed by atoms with Crippen molar-refractivity contribution in [3.05, 3.63) is 89.2 Å². The summed E-state index contributed by atoms with van der Waals surface area (Å²) in [6.07, 6.45) is 7.98. The molecule has 3 aromatic carbocycles. The molecular formula is C36H41F5O. The van der Waals surface area contributed by atoms with E-state index in [4.69, 9.17) is 4.74 Å². The van der Waals surface area contributed by atoms with Crippen LogP contribution >= 0.6 is 0 Å². The lowest BCUT2D eigenvalue weighted by atomic mass is 9.77. The van der Waals surface area contributed by atoms with E-state index >= 15 is 4.39 Å². The van der Waals surface area contributed by atoms with Crippen molar-refractivity contribution in [2.24, 2.45) is 11.8 Å². The fraction of sp³-hybridized carbons (Fsp3) is 0.500. The molecule has 0 radical (unpaired) electrons. The largest absolute Gasteiger partial charge is 0.432 e. The molecule has 3 aromatic rings. The van der Waals surface area contributed by atoms with Gasteiger partial charge in [-0.25, -0.2) is 13.2 Å². The minimum atomic E-state index is -3.53. The average molecular weight is 585 g/mol. The highest BCUT2D eigenvalue weighted by molar-refractivity contribution is 5.64. The Morgan fingerprint density at radius 2 is 1.33 bits per heavy atom. The Morgan fingerprint density at radius 3 is 1.98 bits per heavy atom. The summed E-state index contributed by atoms with van der Waals surface area (Å²) < 4.78 is 76.2. The Hall–Kier alpha value is -2.89. The lowest BCUT2D eigenvalue weighted by Gasteiger charge is -2.33. The first-order chi connectivity index (χ1) is 20.2. The lowest BCUT2D eigenvalue weighted by Crippen LogP contribution is -2.37. The standard InChI is InChI=1S/C36H41F5O/c1-2-3-4-5-24-6-8-25(9-7-24)26-10-12-27(13-11-26)29-16-20-32(34(38)22-29)28-14-17-30(18-15-28)36(40,41)42-31-19-21-33(37)35(39)23-31/h10-13,16,19-25,28,30H,2-9,14-15,17-18H2,1H3. The van der Waals surface area contributed by atoms with Crippen LogP contribution in [0.15, 0.2) is 60.7 Å². The zero-order valence-electron chi connectivity index (χ0n) is 24.4. The second-order valence-electron chi connectivity index (χ2n) is 12.4. The van der Waals surface area contributed by atoms with Crippen LogP contribution in [-0.4, -0.2) is 6.11 Å². The van der Waals surface area contributed by atoms with Gasteiger partial charge in [-0.2, -0.15) is 8.78 Å². The Labute approximate surface area is 246 Å². The van der Waals surface area contributed by atoms with Crippen LogP contribution in [0.4, 0.5) is 22.0 Å². The third-order valence-electron chi connectivity index (χ3n) is 9.57. The Bertz CT molecular complexity index is 1300. The molecule has 0 heterocycles. The van der Waals surface area contributed by atoms with Gasteiger partial charge in [-0.05, 0) is 110 Å². The van der Waals surface area contributed by atoms with Gasteiger partial charge in [0, 0.05) is 6.07 Å². The molecule has 2 fully saturated rings. The van der Waals surface area contributed by atoms with Gasteiger partial charge in [-0.3, -0.25) is 0 Å². The quantitative estimate of drug-likeness (QED) is 0.170. The van der Waals surface area contributed by atoms with E-state index in [0.29, 0.717) is 30.4 Å². The zero-order valence-corrected chi connectivity index (χ0v) is 24.4. The van der Waals surface area contributed by atoms with E-state index < -0.39 is 29.4 Å². The summed E-state index contributed by atoms with van der Waals surface area (Å²) in [5, 5.41) is 0. The van der Waals surface area contributed by atoms with E-state index in [1.807, 2.05) is 6.07 Å². The molecule has 0 bridgehead atoms. The summed E-state index contributed by atoms with van der Waals surface area (Å²) in [5.41, 5.74) is 3.69. The highest BCUT2D eigenvalue weighted by Crippen LogP contribution is 2.44. The molecule has 2 aliphatic carbocycles. The molecule has 0 N–H and O–H groups in total. The molecule has 0 aliphatic heterocycles. The van der Waals surface area contributed by atoms with Gasteiger partial charge in [0.1, 0.15) is 11.6 Å². The van der Waals surface area contributed by atoms with Gasteiger partial charge in [0.25, 0.3) is 0 Å². The second-order valence-corrected chi connectivity index (χ2v) is 12.4. The molecule has 0 aromatic heterocycles. The summed E-state index contributed by atoms with van der Waals surface area (Å²) in [5.74, 6) is -2.86. The van der Waals surface area contributed by atoms with E-state index in [2.05, 4.69) is 31.2 Å². The molecule has 42 heavy (non-hydrogen) atoms. The first-order valence-electron chi connectivity index (χ1n) is 15.6. The summed E-state index contributed by atoms with van der Waals surface area (Å²) in [7, 11) is 0. The minimum Gasteiger partial charge on any atom is -0.432 e. The van der Waals surface area contributed by atoms with Crippen LogP contribution in [0.25, 0.3) is 11.1 Å². The van der Waals surface area contributed by atoms with Crippen molar-refractivity contribution in [1.29, 1.82) is 0 Å². The maximum Gasteiger partial charge on any atom is 0.400 e. The van der Waals surface area contributed by atoms with Crippen molar-refractivity contribution in [3.8, 4) is 16.9 Å². The smallest absolute Gasteiger partial charge is 0.400 e. The molecule has 5 rings (SSSR count). The van der Waals surface area contributed by atoms with Gasteiger partial charge < -0.3 is 4.74 Å². The average Bonchev–Trinajstić information content (AvgIpc) is 2.99. The van der Waals surface area contributed by atoms with E-state index in [1.165, 1.54) is 56.9 Å². The van der Waals surface area contributed by atoms with Crippen LogP contribution in [0.3, 0.4) is 0 Å². The molecule has 0 saturated heterocycles. The molecule has 2 aliphatic rings. The van der Waals surface area contributed by atoms with Crippen molar-refractivity contribution in [2.75, 3.05) is 0 Å². The van der Waals surface area contributed by atoms with Gasteiger partial charge in [0.15, 0.2) is 11.6 Å². The summed E-state index contributed by atoms with van der Waals surface area (Å²) >= 11 is 0. The number of alkyl halides is 2. The third-order valence-corrected chi connectivity index (χ3v) is 9.57. The molecule has 0 amide bonds. The van der Waals surface area contributed by atoms with Gasteiger partial charge in [0.2, 0.25) is 0 Å². The normalized spacial score (nSPS) is 23.1. The van der Waals surface area contributed by atoms with Crippen LogP contribution in [0.1, 0.15) is 107 Å². The predicted octanol–water partition coefficient (Wildman–Crippen LogP) is 11.6. The van der Waals surface area contributed by atoms with E-state index in [-0.39, 0.29) is 24.6 Å². The van der Waals surface area contributed by atoms with Gasteiger partial charge in [-0.1, -0.05) is 69.0 Å². The van der Waals surface area contributed by atoms with E-state index in [1.54, 1.807) is 12.1 Å². The van der Waals surface area contributed by atoms with Crippen LogP contribution < -0.4 is 4.74 Å². The molecule has 0 atom stereocenters. The van der Waals surface area contributed by atoms with Crippen LogP contribution in [0, 0.1) is 29.3 Å². The lowest BCUT2D eigenvalue weighted by molar-refractivity contribution is -0.222.